The van der Waals surface area contributed by atoms with Crippen molar-refractivity contribution in [3.63, 3.8) is 0 Å². The maximum absolute atomic E-state index is 11.7. The van der Waals surface area contributed by atoms with E-state index in [1.165, 1.54) is 0 Å². The highest BCUT2D eigenvalue weighted by Crippen LogP contribution is 2.20. The molecule has 0 saturated carbocycles. The van der Waals surface area contributed by atoms with Crippen LogP contribution in [0.2, 0.25) is 0 Å². The highest BCUT2D eigenvalue weighted by molar-refractivity contribution is 5.92. The van der Waals surface area contributed by atoms with Crippen LogP contribution in [0.3, 0.4) is 0 Å². The van der Waals surface area contributed by atoms with Gasteiger partial charge in [-0.05, 0) is 31.2 Å². The van der Waals surface area contributed by atoms with Crippen molar-refractivity contribution in [2.24, 2.45) is 0 Å². The molecule has 0 bridgehead atoms. The maximum Gasteiger partial charge on any atom is 0.246 e. The fourth-order valence-corrected chi connectivity index (χ4v) is 2.95. The Morgan fingerprint density at radius 3 is 2.75 bits per heavy atom. The normalized spacial score (nSPS) is 10.6. The number of amides is 1. The molecule has 2 aromatic carbocycles. The van der Waals surface area contributed by atoms with Gasteiger partial charge in [-0.2, -0.15) is 0 Å². The number of para-hydroxylation sites is 2. The molecule has 3 aromatic rings. The van der Waals surface area contributed by atoms with E-state index in [1.807, 2.05) is 48.5 Å². The summed E-state index contributed by atoms with van der Waals surface area (Å²) in [5.74, 6) is 2.31. The Bertz CT molecular complexity index is 978. The second kappa shape index (κ2) is 9.08. The first kappa shape index (κ1) is 19.5. The average Bonchev–Trinajstić information content (AvgIpc) is 3.05. The Balaban J connectivity index is 1.69. The van der Waals surface area contributed by atoms with E-state index in [1.54, 1.807) is 14.0 Å². The first-order valence-corrected chi connectivity index (χ1v) is 9.23. The number of nitrogens with zero attached hydrogens (tertiary/aromatic N) is 2. The van der Waals surface area contributed by atoms with E-state index in [-0.39, 0.29) is 5.91 Å². The van der Waals surface area contributed by atoms with E-state index in [4.69, 9.17) is 14.5 Å². The molecule has 0 radical (unpaired) electrons. The molecule has 0 saturated heterocycles. The fraction of sp³-hybridized carbons (Fsp3) is 0.273. The zero-order valence-electron chi connectivity index (χ0n) is 16.3. The number of imidazole rings is 1. The molecule has 6 heteroatoms. The molecule has 0 aliphatic carbocycles. The van der Waals surface area contributed by atoms with Crippen molar-refractivity contribution in [1.29, 1.82) is 0 Å². The molecule has 1 heterocycles. The van der Waals surface area contributed by atoms with Gasteiger partial charge in [-0.25, -0.2) is 4.98 Å². The number of methoxy groups -OCH3 is 1. The van der Waals surface area contributed by atoms with Crippen LogP contribution in [0.25, 0.3) is 11.0 Å². The Labute approximate surface area is 164 Å². The van der Waals surface area contributed by atoms with Crippen LogP contribution < -0.4 is 14.8 Å². The summed E-state index contributed by atoms with van der Waals surface area (Å²) in [6, 6.07) is 15.6. The molecule has 3 rings (SSSR count). The number of rotatable bonds is 9. The molecule has 0 aliphatic heterocycles. The van der Waals surface area contributed by atoms with Gasteiger partial charge in [-0.1, -0.05) is 24.8 Å². The summed E-state index contributed by atoms with van der Waals surface area (Å²) in [7, 11) is 1.63. The van der Waals surface area contributed by atoms with Crippen LogP contribution >= 0.6 is 0 Å². The molecular formula is C22H25N3O3. The first-order chi connectivity index (χ1) is 13.6. The lowest BCUT2D eigenvalue weighted by atomic mass is 10.3. The van der Waals surface area contributed by atoms with E-state index in [9.17, 15) is 4.79 Å². The molecule has 6 nitrogen and oxygen atoms in total. The van der Waals surface area contributed by atoms with Crippen molar-refractivity contribution in [1.82, 2.24) is 14.9 Å². The van der Waals surface area contributed by atoms with Crippen molar-refractivity contribution in [2.75, 3.05) is 20.3 Å². The van der Waals surface area contributed by atoms with E-state index in [0.29, 0.717) is 31.7 Å². The lowest BCUT2D eigenvalue weighted by Gasteiger charge is -2.12. The van der Waals surface area contributed by atoms with Gasteiger partial charge in [-0.15, -0.1) is 0 Å². The van der Waals surface area contributed by atoms with Crippen molar-refractivity contribution in [3.05, 3.63) is 66.5 Å². The van der Waals surface area contributed by atoms with Crippen LogP contribution in [-0.2, 0) is 17.8 Å². The lowest BCUT2D eigenvalue weighted by Crippen LogP contribution is -2.27. The lowest BCUT2D eigenvalue weighted by molar-refractivity contribution is -0.117. The highest BCUT2D eigenvalue weighted by atomic mass is 16.5. The van der Waals surface area contributed by atoms with Crippen LogP contribution in [0.4, 0.5) is 0 Å². The fourth-order valence-electron chi connectivity index (χ4n) is 2.95. The van der Waals surface area contributed by atoms with Crippen LogP contribution in [-0.4, -0.2) is 35.7 Å². The number of hydrogen-bond acceptors (Lipinski definition) is 4. The molecule has 1 amide bonds. The molecule has 0 spiro atoms. The molecular weight excluding hydrogens is 354 g/mol. The van der Waals surface area contributed by atoms with Crippen LogP contribution in [0.1, 0.15) is 12.7 Å². The number of ether oxygens (including phenoxy) is 2. The van der Waals surface area contributed by atoms with Crippen LogP contribution in [0.15, 0.2) is 60.7 Å². The van der Waals surface area contributed by atoms with Gasteiger partial charge in [0.15, 0.2) is 0 Å². The number of aromatic nitrogens is 2. The second-order valence-corrected chi connectivity index (χ2v) is 6.48. The Morgan fingerprint density at radius 2 is 1.96 bits per heavy atom. The smallest absolute Gasteiger partial charge is 0.246 e. The van der Waals surface area contributed by atoms with Gasteiger partial charge in [0.05, 0.1) is 24.7 Å². The maximum atomic E-state index is 11.7. The number of carbonyl (C=O) groups is 1. The topological polar surface area (TPSA) is 65.4 Å². The summed E-state index contributed by atoms with van der Waals surface area (Å²) < 4.78 is 13.3. The largest absolute Gasteiger partial charge is 0.497 e. The average molecular weight is 379 g/mol. The molecule has 28 heavy (non-hydrogen) atoms. The Kier molecular flexibility index (Phi) is 6.32. The summed E-state index contributed by atoms with van der Waals surface area (Å²) >= 11 is 0. The minimum absolute atomic E-state index is 0.135. The quantitative estimate of drug-likeness (QED) is 0.579. The summed E-state index contributed by atoms with van der Waals surface area (Å²) in [6.45, 7) is 7.01. The highest BCUT2D eigenvalue weighted by Gasteiger charge is 2.11. The van der Waals surface area contributed by atoms with E-state index in [0.717, 1.165) is 28.4 Å². The molecule has 0 fully saturated rings. The Morgan fingerprint density at radius 1 is 1.18 bits per heavy atom. The molecule has 0 aliphatic rings. The molecule has 146 valence electrons. The van der Waals surface area contributed by atoms with Crippen LogP contribution in [0.5, 0.6) is 11.5 Å². The summed E-state index contributed by atoms with van der Waals surface area (Å²) in [6.07, 6.45) is 0.632. The zero-order valence-corrected chi connectivity index (χ0v) is 16.3. The second-order valence-electron chi connectivity index (χ2n) is 6.48. The summed E-state index contributed by atoms with van der Waals surface area (Å²) in [4.78, 5) is 16.4. The number of hydrogen-bond donors (Lipinski definition) is 1. The SMILES string of the molecule is C=C(C)C(=O)NCCc1nc2ccccc2n1CCOc1cccc(OC)c1. The number of carbonyl (C=O) groups excluding carboxylic acids is 1. The van der Waals surface area contributed by atoms with Gasteiger partial charge in [0.1, 0.15) is 23.9 Å². The van der Waals surface area contributed by atoms with Crippen molar-refractivity contribution >= 4 is 16.9 Å². The monoisotopic (exact) mass is 379 g/mol. The predicted octanol–water partition coefficient (Wildman–Crippen LogP) is 3.36. The van der Waals surface area contributed by atoms with Gasteiger partial charge in [-0.3, -0.25) is 4.79 Å². The molecule has 0 unspecified atom stereocenters. The van der Waals surface area contributed by atoms with E-state index >= 15 is 0 Å². The van der Waals surface area contributed by atoms with Crippen molar-refractivity contribution < 1.29 is 14.3 Å². The predicted molar refractivity (Wildman–Crippen MR) is 110 cm³/mol. The molecule has 1 aromatic heterocycles. The minimum atomic E-state index is -0.135. The third kappa shape index (κ3) is 4.71. The summed E-state index contributed by atoms with van der Waals surface area (Å²) in [5.41, 5.74) is 2.49. The standard InChI is InChI=1S/C22H25N3O3/c1-16(2)22(26)23-12-11-21-24-19-9-4-5-10-20(19)25(21)13-14-28-18-8-6-7-17(15-18)27-3/h4-10,15H,1,11-14H2,2-3H3,(H,23,26). The van der Waals surface area contributed by atoms with Gasteiger partial charge in [0.25, 0.3) is 0 Å². The van der Waals surface area contributed by atoms with Crippen LogP contribution in [0, 0.1) is 0 Å². The first-order valence-electron chi connectivity index (χ1n) is 9.23. The van der Waals surface area contributed by atoms with Gasteiger partial charge in [0.2, 0.25) is 5.91 Å². The Hall–Kier alpha value is -3.28. The zero-order chi connectivity index (χ0) is 19.9. The van der Waals surface area contributed by atoms with Gasteiger partial charge in [0, 0.05) is 24.6 Å². The van der Waals surface area contributed by atoms with Gasteiger partial charge < -0.3 is 19.4 Å². The van der Waals surface area contributed by atoms with E-state index < -0.39 is 0 Å². The van der Waals surface area contributed by atoms with Crippen molar-refractivity contribution in [2.45, 2.75) is 19.9 Å². The minimum Gasteiger partial charge on any atom is -0.497 e. The molecule has 1 N–H and O–H groups in total. The number of nitrogens with one attached hydrogen (secondary N) is 1. The summed E-state index contributed by atoms with van der Waals surface area (Å²) in [5, 5.41) is 2.86. The third-order valence-corrected chi connectivity index (χ3v) is 4.38. The number of benzene rings is 2. The number of fused-ring (bicyclic) bond motifs is 1. The third-order valence-electron chi connectivity index (χ3n) is 4.38. The van der Waals surface area contributed by atoms with E-state index in [2.05, 4.69) is 16.5 Å². The van der Waals surface area contributed by atoms with Crippen molar-refractivity contribution in [3.8, 4) is 11.5 Å². The molecule has 0 atom stereocenters. The van der Waals surface area contributed by atoms with Gasteiger partial charge >= 0.3 is 0 Å².